The van der Waals surface area contributed by atoms with Crippen LogP contribution in [-0.2, 0) is 9.53 Å². The molecule has 3 aliphatic heterocycles. The minimum Gasteiger partial charge on any atom is -0.366 e. The second-order valence-corrected chi connectivity index (χ2v) is 8.09. The van der Waals surface area contributed by atoms with E-state index in [2.05, 4.69) is 21.8 Å². The smallest absolute Gasteiger partial charge is 0.253 e. The van der Waals surface area contributed by atoms with Gasteiger partial charge in [0.1, 0.15) is 6.61 Å². The monoisotopic (exact) mass is 382 g/mol. The van der Waals surface area contributed by atoms with Gasteiger partial charge in [0.25, 0.3) is 5.91 Å². The van der Waals surface area contributed by atoms with Crippen molar-refractivity contribution in [3.05, 3.63) is 35.5 Å². The number of fused-ring (bicyclic) bond motifs is 2. The molecule has 0 radical (unpaired) electrons. The normalized spacial score (nSPS) is 26.1. The number of hydrogen-bond donors (Lipinski definition) is 3. The topological polar surface area (TPSA) is 86.5 Å². The summed E-state index contributed by atoms with van der Waals surface area (Å²) in [4.78, 5) is 30.0. The molecule has 2 aromatic rings. The van der Waals surface area contributed by atoms with Crippen molar-refractivity contribution in [2.45, 2.75) is 37.3 Å². The summed E-state index contributed by atoms with van der Waals surface area (Å²) in [5.74, 6) is 0.458. The number of rotatable bonds is 2. The number of carbonyl (C=O) groups is 2. The molecule has 1 aromatic heterocycles. The maximum atomic E-state index is 13.2. The van der Waals surface area contributed by atoms with E-state index in [1.807, 2.05) is 23.1 Å². The first-order valence-electron chi connectivity index (χ1n) is 10.2. The summed E-state index contributed by atoms with van der Waals surface area (Å²) in [6.45, 7) is 3.36. The molecule has 3 fully saturated rings. The Morgan fingerprint density at radius 2 is 2.04 bits per heavy atom. The minimum absolute atomic E-state index is 0.0143. The third kappa shape index (κ3) is 3.18. The fraction of sp³-hybridized carbons (Fsp3) is 0.524. The Labute approximate surface area is 163 Å². The molecule has 28 heavy (non-hydrogen) atoms. The number of hydrogen-bond acceptors (Lipinski definition) is 4. The summed E-state index contributed by atoms with van der Waals surface area (Å²) in [6, 6.07) is 5.83. The standard InChI is InChI=1S/C21H26N4O3/c26-20-12-28-19-5-8-25(11-18(19)24-20)21(27)14-1-2-17-15(9-14)16(10-23-17)13-3-6-22-7-4-13/h1-2,9-10,13,18-19,22-23H,3-8,11-12H2,(H,24,26)/t18-,19+/m1/s1. The van der Waals surface area contributed by atoms with Gasteiger partial charge in [0.15, 0.2) is 0 Å². The van der Waals surface area contributed by atoms with Gasteiger partial charge in [-0.15, -0.1) is 0 Å². The number of piperidine rings is 2. The fourth-order valence-corrected chi connectivity index (χ4v) is 4.81. The Kier molecular flexibility index (Phi) is 4.56. The second-order valence-electron chi connectivity index (χ2n) is 8.09. The zero-order valence-electron chi connectivity index (χ0n) is 15.9. The van der Waals surface area contributed by atoms with Gasteiger partial charge >= 0.3 is 0 Å². The number of likely N-dealkylation sites (tertiary alicyclic amines) is 1. The average molecular weight is 382 g/mol. The van der Waals surface area contributed by atoms with E-state index in [-0.39, 0.29) is 30.6 Å². The van der Waals surface area contributed by atoms with Crippen molar-refractivity contribution in [2.24, 2.45) is 0 Å². The minimum atomic E-state index is -0.111. The van der Waals surface area contributed by atoms with Crippen molar-refractivity contribution < 1.29 is 14.3 Å². The van der Waals surface area contributed by atoms with Crippen LogP contribution in [0.5, 0.6) is 0 Å². The number of carbonyl (C=O) groups excluding carboxylic acids is 2. The summed E-state index contributed by atoms with van der Waals surface area (Å²) >= 11 is 0. The first-order chi connectivity index (χ1) is 13.7. The number of amides is 2. The number of morpholine rings is 1. The molecular weight excluding hydrogens is 356 g/mol. The van der Waals surface area contributed by atoms with E-state index in [0.717, 1.165) is 43.3 Å². The van der Waals surface area contributed by atoms with Crippen molar-refractivity contribution in [1.82, 2.24) is 20.5 Å². The van der Waals surface area contributed by atoms with E-state index in [0.29, 0.717) is 24.6 Å². The molecule has 5 rings (SSSR count). The molecule has 0 spiro atoms. The summed E-state index contributed by atoms with van der Waals surface area (Å²) in [6.07, 6.45) is 5.12. The van der Waals surface area contributed by atoms with Crippen molar-refractivity contribution in [1.29, 1.82) is 0 Å². The highest BCUT2D eigenvalue weighted by Crippen LogP contribution is 2.32. The van der Waals surface area contributed by atoms with Crippen LogP contribution in [0.4, 0.5) is 0 Å². The summed E-state index contributed by atoms with van der Waals surface area (Å²) in [5.41, 5.74) is 3.11. The molecule has 0 bridgehead atoms. The van der Waals surface area contributed by atoms with Crippen LogP contribution in [-0.4, -0.2) is 66.6 Å². The number of ether oxygens (including phenoxy) is 1. The lowest BCUT2D eigenvalue weighted by atomic mass is 9.89. The lowest BCUT2D eigenvalue weighted by Crippen LogP contribution is -2.61. The lowest BCUT2D eigenvalue weighted by Gasteiger charge is -2.41. The number of aromatic nitrogens is 1. The summed E-state index contributed by atoms with van der Waals surface area (Å²) in [7, 11) is 0. The zero-order valence-corrected chi connectivity index (χ0v) is 15.9. The van der Waals surface area contributed by atoms with Crippen molar-refractivity contribution in [3.63, 3.8) is 0 Å². The fourth-order valence-electron chi connectivity index (χ4n) is 4.81. The molecule has 0 aliphatic carbocycles. The molecule has 2 atom stereocenters. The molecule has 7 heteroatoms. The van der Waals surface area contributed by atoms with Crippen molar-refractivity contribution in [3.8, 4) is 0 Å². The summed E-state index contributed by atoms with van der Waals surface area (Å²) in [5, 5.41) is 7.53. The van der Waals surface area contributed by atoms with E-state index in [1.165, 1.54) is 5.56 Å². The Hall–Kier alpha value is -2.38. The van der Waals surface area contributed by atoms with Crippen molar-refractivity contribution in [2.75, 3.05) is 32.8 Å². The van der Waals surface area contributed by atoms with E-state index >= 15 is 0 Å². The number of nitrogens with one attached hydrogen (secondary N) is 3. The molecule has 0 unspecified atom stereocenters. The van der Waals surface area contributed by atoms with Gasteiger partial charge in [0.05, 0.1) is 12.1 Å². The largest absolute Gasteiger partial charge is 0.366 e. The number of nitrogens with zero attached hydrogens (tertiary/aromatic N) is 1. The third-order valence-corrected chi connectivity index (χ3v) is 6.35. The van der Waals surface area contributed by atoms with Gasteiger partial charge in [0.2, 0.25) is 5.91 Å². The quantitative estimate of drug-likeness (QED) is 0.732. The van der Waals surface area contributed by atoms with Crippen LogP contribution in [0.25, 0.3) is 10.9 Å². The van der Waals surface area contributed by atoms with Gasteiger partial charge in [-0.25, -0.2) is 0 Å². The molecule has 2 amide bonds. The highest BCUT2D eigenvalue weighted by atomic mass is 16.5. The van der Waals surface area contributed by atoms with Crippen LogP contribution in [0.15, 0.2) is 24.4 Å². The number of benzene rings is 1. The lowest BCUT2D eigenvalue weighted by molar-refractivity contribution is -0.139. The molecule has 3 N–H and O–H groups in total. The van der Waals surface area contributed by atoms with Gasteiger partial charge in [-0.3, -0.25) is 9.59 Å². The van der Waals surface area contributed by atoms with Crippen LogP contribution >= 0.6 is 0 Å². The van der Waals surface area contributed by atoms with Crippen LogP contribution < -0.4 is 10.6 Å². The Morgan fingerprint density at radius 1 is 1.18 bits per heavy atom. The maximum absolute atomic E-state index is 13.2. The van der Waals surface area contributed by atoms with Crippen LogP contribution in [0.2, 0.25) is 0 Å². The Morgan fingerprint density at radius 3 is 2.89 bits per heavy atom. The number of aromatic amines is 1. The highest BCUT2D eigenvalue weighted by molar-refractivity contribution is 5.99. The molecule has 4 heterocycles. The van der Waals surface area contributed by atoms with Gasteiger partial charge in [-0.1, -0.05) is 0 Å². The first-order valence-corrected chi connectivity index (χ1v) is 10.2. The average Bonchev–Trinajstić information content (AvgIpc) is 3.16. The van der Waals surface area contributed by atoms with E-state index in [4.69, 9.17) is 4.74 Å². The van der Waals surface area contributed by atoms with Crippen LogP contribution in [0, 0.1) is 0 Å². The van der Waals surface area contributed by atoms with Gasteiger partial charge < -0.3 is 25.3 Å². The SMILES string of the molecule is O=C1CO[C@H]2CCN(C(=O)c3ccc4[nH]cc(C5CCNCC5)c4c3)C[C@H]2N1. The summed E-state index contributed by atoms with van der Waals surface area (Å²) < 4.78 is 5.60. The first kappa shape index (κ1) is 17.7. The molecule has 7 nitrogen and oxygen atoms in total. The van der Waals surface area contributed by atoms with Crippen LogP contribution in [0.3, 0.4) is 0 Å². The van der Waals surface area contributed by atoms with Gasteiger partial charge in [-0.2, -0.15) is 0 Å². The van der Waals surface area contributed by atoms with Crippen LogP contribution in [0.1, 0.15) is 41.1 Å². The highest BCUT2D eigenvalue weighted by Gasteiger charge is 2.36. The zero-order chi connectivity index (χ0) is 19.1. The molecule has 148 valence electrons. The predicted molar refractivity (Wildman–Crippen MR) is 105 cm³/mol. The number of H-pyrrole nitrogens is 1. The Balaban J connectivity index is 1.38. The Bertz CT molecular complexity index is 902. The third-order valence-electron chi connectivity index (χ3n) is 6.35. The maximum Gasteiger partial charge on any atom is 0.253 e. The van der Waals surface area contributed by atoms with E-state index in [9.17, 15) is 9.59 Å². The van der Waals surface area contributed by atoms with E-state index < -0.39 is 0 Å². The molecule has 1 aromatic carbocycles. The van der Waals surface area contributed by atoms with Gasteiger partial charge in [0, 0.05) is 35.8 Å². The van der Waals surface area contributed by atoms with Gasteiger partial charge in [-0.05, 0) is 62.0 Å². The van der Waals surface area contributed by atoms with Crippen molar-refractivity contribution >= 4 is 22.7 Å². The molecular formula is C21H26N4O3. The van der Waals surface area contributed by atoms with E-state index in [1.54, 1.807) is 0 Å². The molecule has 3 saturated heterocycles. The molecule has 0 saturated carbocycles. The predicted octanol–water partition coefficient (Wildman–Crippen LogP) is 1.36. The molecule has 3 aliphatic rings. The second kappa shape index (κ2) is 7.22.